The van der Waals surface area contributed by atoms with Crippen molar-refractivity contribution in [3.8, 4) is 0 Å². The zero-order valence-corrected chi connectivity index (χ0v) is 14.1. The number of hydrogen-bond acceptors (Lipinski definition) is 3. The molecule has 2 N–H and O–H groups in total. The largest absolute Gasteiger partial charge is 0.399 e. The van der Waals surface area contributed by atoms with Gasteiger partial charge in [-0.3, -0.25) is 4.79 Å². The molecule has 0 bridgehead atoms. The van der Waals surface area contributed by atoms with E-state index in [-0.39, 0.29) is 5.91 Å². The maximum absolute atomic E-state index is 12.5. The minimum absolute atomic E-state index is 0.249. The van der Waals surface area contributed by atoms with Crippen LogP contribution in [0.1, 0.15) is 51.0 Å². The van der Waals surface area contributed by atoms with Gasteiger partial charge >= 0.3 is 0 Å². The van der Waals surface area contributed by atoms with Crippen LogP contribution in [-0.2, 0) is 11.3 Å². The first-order valence-electron chi connectivity index (χ1n) is 8.38. The molecule has 0 saturated heterocycles. The smallest absolute Gasteiger partial charge is 0.222 e. The normalized spacial score (nSPS) is 15.6. The van der Waals surface area contributed by atoms with Gasteiger partial charge in [-0.1, -0.05) is 26.2 Å². The van der Waals surface area contributed by atoms with Crippen LogP contribution >= 0.6 is 0 Å². The molecular formula is C18H29N3O. The molecule has 1 aromatic carbocycles. The topological polar surface area (TPSA) is 49.6 Å². The van der Waals surface area contributed by atoms with Crippen LogP contribution in [0.4, 0.5) is 11.4 Å². The molecule has 22 heavy (non-hydrogen) atoms. The van der Waals surface area contributed by atoms with Crippen molar-refractivity contribution in [1.29, 1.82) is 0 Å². The van der Waals surface area contributed by atoms with Gasteiger partial charge in [0.1, 0.15) is 0 Å². The number of carbonyl (C=O) groups excluding carboxylic acids is 1. The number of hydrogen-bond donors (Lipinski definition) is 1. The molecule has 4 nitrogen and oxygen atoms in total. The van der Waals surface area contributed by atoms with Crippen LogP contribution < -0.4 is 10.6 Å². The van der Waals surface area contributed by atoms with Gasteiger partial charge in [0.05, 0.1) is 0 Å². The lowest BCUT2D eigenvalue weighted by Gasteiger charge is -2.35. The fourth-order valence-electron chi connectivity index (χ4n) is 3.37. The predicted molar refractivity (Wildman–Crippen MR) is 92.9 cm³/mol. The Balaban J connectivity index is 2.26. The second-order valence-electron chi connectivity index (χ2n) is 6.45. The first kappa shape index (κ1) is 16.7. The Morgan fingerprint density at radius 1 is 1.23 bits per heavy atom. The lowest BCUT2D eigenvalue weighted by atomic mass is 9.93. The standard InChI is InChI=1S/C18H29N3O/c1-4-18(22)21(16-8-6-5-7-9-16)13-14-12-15(19)10-11-17(14)20(2)3/h10-12,16H,4-9,13,19H2,1-3H3. The number of amides is 1. The molecule has 4 heteroatoms. The minimum Gasteiger partial charge on any atom is -0.399 e. The van der Waals surface area contributed by atoms with Gasteiger partial charge in [0.15, 0.2) is 0 Å². The molecule has 1 aliphatic carbocycles. The summed E-state index contributed by atoms with van der Waals surface area (Å²) in [5.41, 5.74) is 9.00. The summed E-state index contributed by atoms with van der Waals surface area (Å²) in [6, 6.07) is 6.36. The van der Waals surface area contributed by atoms with E-state index in [1.165, 1.54) is 19.3 Å². The van der Waals surface area contributed by atoms with E-state index in [1.54, 1.807) is 0 Å². The highest BCUT2D eigenvalue weighted by Gasteiger charge is 2.25. The van der Waals surface area contributed by atoms with Crippen molar-refractivity contribution in [2.45, 2.75) is 58.0 Å². The Labute approximate surface area is 134 Å². The van der Waals surface area contributed by atoms with Crippen molar-refractivity contribution >= 4 is 17.3 Å². The van der Waals surface area contributed by atoms with Crippen LogP contribution in [0.3, 0.4) is 0 Å². The van der Waals surface area contributed by atoms with Crippen LogP contribution in [0.15, 0.2) is 18.2 Å². The van der Waals surface area contributed by atoms with Gasteiger partial charge in [-0.15, -0.1) is 0 Å². The highest BCUT2D eigenvalue weighted by molar-refractivity contribution is 5.76. The quantitative estimate of drug-likeness (QED) is 0.848. The Hall–Kier alpha value is -1.71. The second-order valence-corrected chi connectivity index (χ2v) is 6.45. The number of nitrogens with zero attached hydrogens (tertiary/aromatic N) is 2. The van der Waals surface area contributed by atoms with Crippen LogP contribution in [0, 0.1) is 0 Å². The van der Waals surface area contributed by atoms with Crippen LogP contribution in [-0.4, -0.2) is 30.9 Å². The highest BCUT2D eigenvalue weighted by atomic mass is 16.2. The summed E-state index contributed by atoms with van der Waals surface area (Å²) >= 11 is 0. The van der Waals surface area contributed by atoms with Crippen molar-refractivity contribution in [3.05, 3.63) is 23.8 Å². The van der Waals surface area contributed by atoms with E-state index < -0.39 is 0 Å². The van der Waals surface area contributed by atoms with Gasteiger partial charge in [-0.05, 0) is 36.6 Å². The number of rotatable bonds is 5. The average Bonchev–Trinajstić information content (AvgIpc) is 2.52. The molecule has 0 aliphatic heterocycles. The lowest BCUT2D eigenvalue weighted by molar-refractivity contribution is -0.134. The van der Waals surface area contributed by atoms with Crippen LogP contribution in [0.5, 0.6) is 0 Å². The first-order chi connectivity index (χ1) is 10.5. The van der Waals surface area contributed by atoms with E-state index >= 15 is 0 Å². The van der Waals surface area contributed by atoms with Crippen LogP contribution in [0.25, 0.3) is 0 Å². The summed E-state index contributed by atoms with van der Waals surface area (Å²) in [6.45, 7) is 2.61. The maximum Gasteiger partial charge on any atom is 0.222 e. The molecule has 2 rings (SSSR count). The first-order valence-corrected chi connectivity index (χ1v) is 8.38. The van der Waals surface area contributed by atoms with E-state index in [1.807, 2.05) is 39.2 Å². The molecular weight excluding hydrogens is 274 g/mol. The molecule has 1 amide bonds. The zero-order valence-electron chi connectivity index (χ0n) is 14.1. The predicted octanol–water partition coefficient (Wildman–Crippen LogP) is 3.41. The van der Waals surface area contributed by atoms with E-state index in [0.717, 1.165) is 29.8 Å². The number of anilines is 2. The summed E-state index contributed by atoms with van der Waals surface area (Å²) in [6.07, 6.45) is 6.59. The molecule has 0 unspecified atom stereocenters. The van der Waals surface area contributed by atoms with Gasteiger partial charge in [-0.2, -0.15) is 0 Å². The fourth-order valence-corrected chi connectivity index (χ4v) is 3.37. The number of carbonyl (C=O) groups is 1. The second kappa shape index (κ2) is 7.52. The van der Waals surface area contributed by atoms with Gasteiger partial charge in [0, 0.05) is 44.5 Å². The van der Waals surface area contributed by atoms with Gasteiger partial charge in [0.2, 0.25) is 5.91 Å². The Kier molecular flexibility index (Phi) is 5.69. The third-order valence-electron chi connectivity index (χ3n) is 4.56. The fraction of sp³-hybridized carbons (Fsp3) is 0.611. The van der Waals surface area contributed by atoms with E-state index in [2.05, 4.69) is 9.80 Å². The van der Waals surface area contributed by atoms with Gasteiger partial charge < -0.3 is 15.5 Å². The summed E-state index contributed by atoms with van der Waals surface area (Å²) in [4.78, 5) is 16.6. The average molecular weight is 303 g/mol. The van der Waals surface area contributed by atoms with Crippen molar-refractivity contribution in [3.63, 3.8) is 0 Å². The van der Waals surface area contributed by atoms with Gasteiger partial charge in [0.25, 0.3) is 0 Å². The molecule has 0 aromatic heterocycles. The van der Waals surface area contributed by atoms with Crippen molar-refractivity contribution < 1.29 is 4.79 Å². The zero-order chi connectivity index (χ0) is 16.1. The summed E-state index contributed by atoms with van der Waals surface area (Å²) < 4.78 is 0. The monoisotopic (exact) mass is 303 g/mol. The number of nitrogen functional groups attached to an aromatic ring is 1. The van der Waals surface area contributed by atoms with Gasteiger partial charge in [-0.25, -0.2) is 0 Å². The minimum atomic E-state index is 0.249. The van der Waals surface area contributed by atoms with Crippen molar-refractivity contribution in [1.82, 2.24) is 4.90 Å². The van der Waals surface area contributed by atoms with Crippen LogP contribution in [0.2, 0.25) is 0 Å². The SMILES string of the molecule is CCC(=O)N(Cc1cc(N)ccc1N(C)C)C1CCCCC1. The Morgan fingerprint density at radius 3 is 2.50 bits per heavy atom. The molecule has 0 spiro atoms. The Morgan fingerprint density at radius 2 is 1.91 bits per heavy atom. The summed E-state index contributed by atoms with van der Waals surface area (Å²) in [5.74, 6) is 0.249. The molecule has 0 heterocycles. The van der Waals surface area contributed by atoms with E-state index in [0.29, 0.717) is 19.0 Å². The van der Waals surface area contributed by atoms with E-state index in [4.69, 9.17) is 5.73 Å². The van der Waals surface area contributed by atoms with E-state index in [9.17, 15) is 4.79 Å². The van der Waals surface area contributed by atoms with Crippen molar-refractivity contribution in [2.75, 3.05) is 24.7 Å². The summed E-state index contributed by atoms with van der Waals surface area (Å²) in [5, 5.41) is 0. The third kappa shape index (κ3) is 3.93. The highest BCUT2D eigenvalue weighted by Crippen LogP contribution is 2.28. The molecule has 0 radical (unpaired) electrons. The molecule has 1 fully saturated rings. The third-order valence-corrected chi connectivity index (χ3v) is 4.56. The number of benzene rings is 1. The number of nitrogens with two attached hydrogens (primary N) is 1. The maximum atomic E-state index is 12.5. The molecule has 1 saturated carbocycles. The summed E-state index contributed by atoms with van der Waals surface area (Å²) in [7, 11) is 4.06. The molecule has 1 aliphatic rings. The van der Waals surface area contributed by atoms with Crippen molar-refractivity contribution in [2.24, 2.45) is 0 Å². The molecule has 122 valence electrons. The lowest BCUT2D eigenvalue weighted by Crippen LogP contribution is -2.40. The molecule has 0 atom stereocenters. The molecule has 1 aromatic rings. The Bertz CT molecular complexity index is 507.